The van der Waals surface area contributed by atoms with Crippen LogP contribution in [0.2, 0.25) is 0 Å². The van der Waals surface area contributed by atoms with Crippen molar-refractivity contribution in [3.05, 3.63) is 28.1 Å². The van der Waals surface area contributed by atoms with Gasteiger partial charge in [0.2, 0.25) is 5.91 Å². The zero-order valence-electron chi connectivity index (χ0n) is 20.3. The van der Waals surface area contributed by atoms with Crippen LogP contribution < -0.4 is 5.73 Å². The second-order valence-electron chi connectivity index (χ2n) is 10.7. The van der Waals surface area contributed by atoms with Gasteiger partial charge >= 0.3 is 0 Å². The third-order valence-corrected chi connectivity index (χ3v) is 8.54. The fourth-order valence-electron chi connectivity index (χ4n) is 6.92. The summed E-state index contributed by atoms with van der Waals surface area (Å²) in [5.41, 5.74) is 2.29. The first-order valence-electron chi connectivity index (χ1n) is 12.0. The Kier molecular flexibility index (Phi) is 5.85. The van der Waals surface area contributed by atoms with Crippen molar-refractivity contribution >= 4 is 29.0 Å². The highest BCUT2D eigenvalue weighted by molar-refractivity contribution is 6.32. The Hall–Kier alpha value is -3.09. The molecule has 10 nitrogen and oxygen atoms in total. The van der Waals surface area contributed by atoms with Gasteiger partial charge in [-0.3, -0.25) is 33.8 Å². The number of rotatable bonds is 4. The molecule has 1 aromatic rings. The van der Waals surface area contributed by atoms with E-state index in [-0.39, 0.29) is 54.7 Å². The molecule has 1 heterocycles. The van der Waals surface area contributed by atoms with E-state index in [1.807, 2.05) is 0 Å². The summed E-state index contributed by atoms with van der Waals surface area (Å²) in [5, 5.41) is 22.5. The first-order valence-corrected chi connectivity index (χ1v) is 12.0. The van der Waals surface area contributed by atoms with Gasteiger partial charge in [-0.05, 0) is 32.9 Å². The highest BCUT2D eigenvalue weighted by atomic mass is 19.1. The summed E-state index contributed by atoms with van der Waals surface area (Å²) in [7, 11) is 2.97. The molecule has 4 aliphatic rings. The van der Waals surface area contributed by atoms with Crippen molar-refractivity contribution in [1.29, 1.82) is 0 Å². The van der Waals surface area contributed by atoms with Gasteiger partial charge in [0.05, 0.1) is 17.5 Å². The number of hydrogen-bond acceptors (Lipinski definition) is 9. The van der Waals surface area contributed by atoms with Crippen LogP contribution in [0.3, 0.4) is 0 Å². The number of amides is 1. The molecule has 1 aromatic carbocycles. The van der Waals surface area contributed by atoms with Gasteiger partial charge in [0.15, 0.2) is 34.7 Å². The summed E-state index contributed by atoms with van der Waals surface area (Å²) in [5.74, 6) is -12.6. The van der Waals surface area contributed by atoms with Gasteiger partial charge in [-0.15, -0.1) is 0 Å². The van der Waals surface area contributed by atoms with Crippen molar-refractivity contribution in [3.8, 4) is 5.75 Å². The van der Waals surface area contributed by atoms with E-state index in [0.717, 1.165) is 0 Å². The number of hydrogen-bond donors (Lipinski definition) is 3. The van der Waals surface area contributed by atoms with Gasteiger partial charge in [0.25, 0.3) is 0 Å². The van der Waals surface area contributed by atoms with Gasteiger partial charge in [-0.1, -0.05) is 0 Å². The molecule has 3 aliphatic carbocycles. The second-order valence-corrected chi connectivity index (χ2v) is 10.7. The van der Waals surface area contributed by atoms with Crippen LogP contribution in [0.25, 0.3) is 0 Å². The third-order valence-electron chi connectivity index (χ3n) is 8.54. The van der Waals surface area contributed by atoms with Crippen LogP contribution >= 0.6 is 0 Å². The molecule has 0 bridgehead atoms. The predicted octanol–water partition coefficient (Wildman–Crippen LogP) is -0.709. The third kappa shape index (κ3) is 3.28. The van der Waals surface area contributed by atoms with E-state index in [0.29, 0.717) is 0 Å². The number of primary amides is 1. The van der Waals surface area contributed by atoms with E-state index in [1.54, 1.807) is 4.90 Å². The summed E-state index contributed by atoms with van der Waals surface area (Å²) < 4.78 is 28.6. The predicted molar refractivity (Wildman–Crippen MR) is 121 cm³/mol. The summed E-state index contributed by atoms with van der Waals surface area (Å²) in [6, 6.07) is -1.23. The van der Waals surface area contributed by atoms with Gasteiger partial charge in [0.1, 0.15) is 18.2 Å². The number of carbonyl (C=O) groups excluding carboxylic acids is 5. The highest BCUT2D eigenvalue weighted by Gasteiger charge is 2.69. The maximum Gasteiger partial charge on any atom is 0.235 e. The van der Waals surface area contributed by atoms with Crippen LogP contribution in [-0.4, -0.2) is 88.0 Å². The smallest absolute Gasteiger partial charge is 0.235 e. The lowest BCUT2D eigenvalue weighted by atomic mass is 9.52. The molecule has 2 fully saturated rings. The molecule has 1 aliphatic heterocycles. The number of benzene rings is 1. The molecule has 2 unspecified atom stereocenters. The Morgan fingerprint density at radius 3 is 2.38 bits per heavy atom. The maximum absolute atomic E-state index is 15.7. The fraction of sp³-hybridized carbons (Fsp3) is 0.560. The number of carbonyl (C=O) groups is 5. The highest BCUT2D eigenvalue weighted by Crippen LogP contribution is 2.52. The molecule has 12 heteroatoms. The molecule has 2 saturated carbocycles. The van der Waals surface area contributed by atoms with Crippen LogP contribution in [0.15, 0.2) is 0 Å². The molecular weight excluding hydrogens is 492 g/mol. The number of halogens is 2. The number of nitrogens with zero attached hydrogens (tertiary/aromatic N) is 2. The molecule has 0 spiro atoms. The Morgan fingerprint density at radius 2 is 1.78 bits per heavy atom. The molecule has 0 radical (unpaired) electrons. The van der Waals surface area contributed by atoms with Gasteiger partial charge in [-0.25, -0.2) is 8.78 Å². The standard InChI is InChI=1S/C25H27F2N3O7/c1-29(2)18-13-6-9-5-10-15(19(31)12-8-30(4-3-26)7-11(12)17(10)27)20(32)14(9)22(34)25(13,37)23(35)16(21(18)33)24(28)36/h9,13-14,16,18,31,37H,3-8H2,1-2H3,(H2,28,36)/t9-,13-,14?,16?,18-,25-/m0/s1. The summed E-state index contributed by atoms with van der Waals surface area (Å²) >= 11 is 0. The normalized spacial score (nSPS) is 33.3. The summed E-state index contributed by atoms with van der Waals surface area (Å²) in [6.07, 6.45) is -0.309. The van der Waals surface area contributed by atoms with Crippen molar-refractivity contribution in [3.63, 3.8) is 0 Å². The van der Waals surface area contributed by atoms with Crippen LogP contribution in [0, 0.1) is 29.5 Å². The number of fused-ring (bicyclic) bond motifs is 4. The van der Waals surface area contributed by atoms with Crippen molar-refractivity contribution in [2.45, 2.75) is 37.6 Å². The zero-order valence-corrected chi connectivity index (χ0v) is 20.3. The SMILES string of the molecule is CN(C)[C@@H]1C(=O)C(C(N)=O)C(=O)[C@@]2(O)C(=O)C3C(=O)c4c(O)c5c(c(F)c4C[C@H]3C[C@@H]12)CN(CCF)C5. The Balaban J connectivity index is 1.63. The molecule has 1 amide bonds. The topological polar surface area (TPSA) is 158 Å². The average molecular weight is 520 g/mol. The van der Waals surface area contributed by atoms with Crippen LogP contribution in [-0.2, 0) is 38.7 Å². The van der Waals surface area contributed by atoms with E-state index < -0.39 is 82.6 Å². The molecule has 5 rings (SSSR count). The summed E-state index contributed by atoms with van der Waals surface area (Å²) in [4.78, 5) is 68.7. The minimum atomic E-state index is -2.83. The number of ketones is 4. The van der Waals surface area contributed by atoms with Crippen LogP contribution in [0.1, 0.15) is 33.5 Å². The van der Waals surface area contributed by atoms with Crippen molar-refractivity contribution in [2.75, 3.05) is 27.3 Å². The molecule has 0 saturated heterocycles. The Bertz CT molecular complexity index is 1280. The van der Waals surface area contributed by atoms with Crippen LogP contribution in [0.5, 0.6) is 5.75 Å². The number of phenols is 1. The number of aromatic hydroxyl groups is 1. The molecule has 6 atom stereocenters. The number of Topliss-reactive ketones (excluding diaryl/α,β-unsaturated/α-hetero) is 4. The lowest BCUT2D eigenvalue weighted by Gasteiger charge is -2.52. The largest absolute Gasteiger partial charge is 0.507 e. The molecule has 0 aromatic heterocycles. The zero-order chi connectivity index (χ0) is 27.1. The number of phenolic OH excluding ortho intramolecular Hbond substituents is 1. The monoisotopic (exact) mass is 519 g/mol. The second kappa shape index (κ2) is 8.47. The van der Waals surface area contributed by atoms with Crippen LogP contribution in [0.4, 0.5) is 8.78 Å². The lowest BCUT2D eigenvalue weighted by molar-refractivity contribution is -0.181. The lowest BCUT2D eigenvalue weighted by Crippen LogP contribution is -2.74. The van der Waals surface area contributed by atoms with Gasteiger partial charge < -0.3 is 15.9 Å². The van der Waals surface area contributed by atoms with E-state index in [9.17, 15) is 38.6 Å². The van der Waals surface area contributed by atoms with E-state index in [1.165, 1.54) is 19.0 Å². The molecule has 198 valence electrons. The minimum Gasteiger partial charge on any atom is -0.507 e. The quantitative estimate of drug-likeness (QED) is 0.437. The first-order chi connectivity index (χ1) is 17.4. The van der Waals surface area contributed by atoms with Crippen molar-refractivity contribution < 1.29 is 43.0 Å². The molecule has 4 N–H and O–H groups in total. The van der Waals surface area contributed by atoms with Gasteiger partial charge in [-0.2, -0.15) is 0 Å². The first kappa shape index (κ1) is 25.6. The Labute approximate surface area is 210 Å². The maximum atomic E-state index is 15.7. The van der Waals surface area contributed by atoms with E-state index >= 15 is 4.39 Å². The summed E-state index contributed by atoms with van der Waals surface area (Å²) in [6.45, 7) is -0.606. The minimum absolute atomic E-state index is 0.00765. The average Bonchev–Trinajstić information content (AvgIpc) is 3.24. The molecular formula is C25H27F2N3O7. The molecule has 37 heavy (non-hydrogen) atoms. The van der Waals surface area contributed by atoms with Crippen molar-refractivity contribution in [1.82, 2.24) is 9.80 Å². The van der Waals surface area contributed by atoms with Crippen molar-refractivity contribution in [2.24, 2.45) is 29.4 Å². The number of alkyl halides is 1. The number of aliphatic hydroxyl groups is 1. The fourth-order valence-corrected chi connectivity index (χ4v) is 6.92. The van der Waals surface area contributed by atoms with Gasteiger partial charge in [0, 0.05) is 42.2 Å². The Morgan fingerprint density at radius 1 is 1.14 bits per heavy atom. The number of nitrogens with two attached hydrogens (primary N) is 1. The van der Waals surface area contributed by atoms with E-state index in [4.69, 9.17) is 5.73 Å². The van der Waals surface area contributed by atoms with E-state index in [2.05, 4.69) is 0 Å². The number of likely N-dealkylation sites (N-methyl/N-ethyl adjacent to an activating group) is 1.